The Labute approximate surface area is 132 Å². The van der Waals surface area contributed by atoms with Gasteiger partial charge in [0, 0.05) is 19.3 Å². The van der Waals surface area contributed by atoms with Crippen LogP contribution in [0.2, 0.25) is 0 Å². The molecule has 0 aliphatic heterocycles. The van der Waals surface area contributed by atoms with Crippen LogP contribution in [-0.4, -0.2) is 24.0 Å². The number of hydrogen-bond donors (Lipinski definition) is 2. The van der Waals surface area contributed by atoms with E-state index in [1.807, 2.05) is 31.4 Å². The smallest absolute Gasteiger partial charge is 0.191 e. The van der Waals surface area contributed by atoms with Crippen LogP contribution in [0, 0.1) is 5.92 Å². The lowest BCUT2D eigenvalue weighted by atomic mass is 10.2. The van der Waals surface area contributed by atoms with E-state index < -0.39 is 0 Å². The van der Waals surface area contributed by atoms with E-state index >= 15 is 0 Å². The van der Waals surface area contributed by atoms with Crippen LogP contribution in [0.25, 0.3) is 0 Å². The van der Waals surface area contributed by atoms with Crippen LogP contribution in [0.15, 0.2) is 29.4 Å². The van der Waals surface area contributed by atoms with Gasteiger partial charge >= 0.3 is 0 Å². The number of nitrogens with zero attached hydrogens (tertiary/aromatic N) is 2. The van der Waals surface area contributed by atoms with Gasteiger partial charge in [0.1, 0.15) is 0 Å². The summed E-state index contributed by atoms with van der Waals surface area (Å²) in [6.45, 7) is 2.95. The van der Waals surface area contributed by atoms with E-state index in [0.717, 1.165) is 17.6 Å². The van der Waals surface area contributed by atoms with Gasteiger partial charge < -0.3 is 10.6 Å². The summed E-state index contributed by atoms with van der Waals surface area (Å²) < 4.78 is 0. The Morgan fingerprint density at radius 2 is 2.32 bits per heavy atom. The Balaban J connectivity index is 0.00000180. The van der Waals surface area contributed by atoms with E-state index in [0.29, 0.717) is 12.6 Å². The van der Waals surface area contributed by atoms with Gasteiger partial charge in [0.2, 0.25) is 0 Å². The Morgan fingerprint density at radius 1 is 1.47 bits per heavy atom. The standard InChI is InChI=1S/C14H22N4.HI/c1-3-6-11-9-13(11)18-14(15-2)17-10-12-7-4-5-8-16-12;/h4-5,7-8,11,13H,3,6,9-10H2,1-2H3,(H2,15,17,18);1H. The molecule has 1 aromatic heterocycles. The maximum Gasteiger partial charge on any atom is 0.191 e. The van der Waals surface area contributed by atoms with Gasteiger partial charge in [-0.2, -0.15) is 0 Å². The maximum absolute atomic E-state index is 4.28. The van der Waals surface area contributed by atoms with Crippen molar-refractivity contribution < 1.29 is 0 Å². The van der Waals surface area contributed by atoms with Crippen LogP contribution in [0.3, 0.4) is 0 Å². The first-order valence-electron chi connectivity index (χ1n) is 6.70. The summed E-state index contributed by atoms with van der Waals surface area (Å²) in [6, 6.07) is 6.55. The largest absolute Gasteiger partial charge is 0.353 e. The first-order chi connectivity index (χ1) is 8.83. The molecule has 2 N–H and O–H groups in total. The molecule has 2 unspecified atom stereocenters. The lowest BCUT2D eigenvalue weighted by Gasteiger charge is -2.11. The Bertz CT molecular complexity index is 394. The van der Waals surface area contributed by atoms with E-state index in [1.54, 1.807) is 0 Å². The Hall–Kier alpha value is -0.850. The van der Waals surface area contributed by atoms with Crippen molar-refractivity contribution in [3.05, 3.63) is 30.1 Å². The number of guanidine groups is 1. The summed E-state index contributed by atoms with van der Waals surface area (Å²) in [6.07, 6.45) is 5.67. The molecule has 2 atom stereocenters. The zero-order chi connectivity index (χ0) is 12.8. The number of aliphatic imine (C=N–C) groups is 1. The fourth-order valence-corrected chi connectivity index (χ4v) is 2.16. The zero-order valence-corrected chi connectivity index (χ0v) is 13.9. The van der Waals surface area contributed by atoms with Crippen LogP contribution in [0.4, 0.5) is 0 Å². The average molecular weight is 374 g/mol. The highest BCUT2D eigenvalue weighted by molar-refractivity contribution is 14.0. The molecule has 0 bridgehead atoms. The summed E-state index contributed by atoms with van der Waals surface area (Å²) in [5.41, 5.74) is 1.03. The van der Waals surface area contributed by atoms with E-state index in [9.17, 15) is 0 Å². The minimum absolute atomic E-state index is 0. The Morgan fingerprint density at radius 3 is 2.95 bits per heavy atom. The molecule has 106 valence electrons. The molecule has 1 fully saturated rings. The topological polar surface area (TPSA) is 49.3 Å². The first kappa shape index (κ1) is 16.2. The SMILES string of the molecule is CCCC1CC1NC(=NC)NCc1ccccn1.I. The van der Waals surface area contributed by atoms with Crippen molar-refractivity contribution in [3.8, 4) is 0 Å². The molecule has 0 amide bonds. The molecular weight excluding hydrogens is 351 g/mol. The van der Waals surface area contributed by atoms with Crippen molar-refractivity contribution in [1.82, 2.24) is 15.6 Å². The number of rotatable bonds is 5. The number of pyridine rings is 1. The van der Waals surface area contributed by atoms with Crippen molar-refractivity contribution in [2.24, 2.45) is 10.9 Å². The van der Waals surface area contributed by atoms with Gasteiger partial charge in [0.15, 0.2) is 5.96 Å². The van der Waals surface area contributed by atoms with E-state index in [-0.39, 0.29) is 24.0 Å². The molecule has 1 saturated carbocycles. The maximum atomic E-state index is 4.28. The third kappa shape index (κ3) is 5.34. The van der Waals surface area contributed by atoms with E-state index in [2.05, 4.69) is 27.5 Å². The molecule has 1 aromatic rings. The fraction of sp³-hybridized carbons (Fsp3) is 0.571. The van der Waals surface area contributed by atoms with Gasteiger partial charge in [-0.3, -0.25) is 9.98 Å². The average Bonchev–Trinajstić information content (AvgIpc) is 3.14. The molecule has 1 aliphatic carbocycles. The molecule has 19 heavy (non-hydrogen) atoms. The molecule has 0 aromatic carbocycles. The van der Waals surface area contributed by atoms with Gasteiger partial charge in [-0.15, -0.1) is 24.0 Å². The highest BCUT2D eigenvalue weighted by Crippen LogP contribution is 2.34. The highest BCUT2D eigenvalue weighted by Gasteiger charge is 2.36. The van der Waals surface area contributed by atoms with Crippen LogP contribution >= 0.6 is 24.0 Å². The molecule has 0 spiro atoms. The number of hydrogen-bond acceptors (Lipinski definition) is 2. The lowest BCUT2D eigenvalue weighted by Crippen LogP contribution is -2.38. The van der Waals surface area contributed by atoms with Crippen LogP contribution in [0.1, 0.15) is 31.9 Å². The third-order valence-electron chi connectivity index (χ3n) is 3.29. The fourth-order valence-electron chi connectivity index (χ4n) is 2.16. The minimum Gasteiger partial charge on any atom is -0.353 e. The predicted molar refractivity (Wildman–Crippen MR) is 89.8 cm³/mol. The summed E-state index contributed by atoms with van der Waals surface area (Å²) >= 11 is 0. The van der Waals surface area contributed by atoms with Crippen molar-refractivity contribution in [3.63, 3.8) is 0 Å². The van der Waals surface area contributed by atoms with Crippen molar-refractivity contribution in [2.45, 2.75) is 38.8 Å². The van der Waals surface area contributed by atoms with Gasteiger partial charge in [0.25, 0.3) is 0 Å². The van der Waals surface area contributed by atoms with Crippen LogP contribution < -0.4 is 10.6 Å². The minimum atomic E-state index is 0. The molecule has 1 heterocycles. The van der Waals surface area contributed by atoms with Crippen molar-refractivity contribution in [1.29, 1.82) is 0 Å². The molecule has 4 nitrogen and oxygen atoms in total. The van der Waals surface area contributed by atoms with Crippen LogP contribution in [0.5, 0.6) is 0 Å². The Kier molecular flexibility index (Phi) is 7.12. The second-order valence-electron chi connectivity index (χ2n) is 4.78. The van der Waals surface area contributed by atoms with Gasteiger partial charge in [-0.25, -0.2) is 0 Å². The summed E-state index contributed by atoms with van der Waals surface area (Å²) in [4.78, 5) is 8.52. The lowest BCUT2D eigenvalue weighted by molar-refractivity contribution is 0.654. The van der Waals surface area contributed by atoms with E-state index in [1.165, 1.54) is 19.3 Å². The second-order valence-corrected chi connectivity index (χ2v) is 4.78. The molecule has 2 rings (SSSR count). The van der Waals surface area contributed by atoms with Crippen molar-refractivity contribution >= 4 is 29.9 Å². The molecule has 5 heteroatoms. The molecule has 0 saturated heterocycles. The van der Waals surface area contributed by atoms with Crippen LogP contribution in [-0.2, 0) is 6.54 Å². The summed E-state index contributed by atoms with van der Waals surface area (Å²) in [5, 5.41) is 6.75. The second kappa shape index (κ2) is 8.35. The quantitative estimate of drug-likeness (QED) is 0.473. The number of halogens is 1. The molecular formula is C14H23IN4. The van der Waals surface area contributed by atoms with Gasteiger partial charge in [-0.1, -0.05) is 19.4 Å². The summed E-state index contributed by atoms with van der Waals surface area (Å²) in [7, 11) is 1.81. The van der Waals surface area contributed by atoms with Crippen molar-refractivity contribution in [2.75, 3.05) is 7.05 Å². The predicted octanol–water partition coefficient (Wildman–Crippen LogP) is 2.55. The number of nitrogens with one attached hydrogen (secondary N) is 2. The van der Waals surface area contributed by atoms with E-state index in [4.69, 9.17) is 0 Å². The first-order valence-corrected chi connectivity index (χ1v) is 6.70. The molecule has 0 radical (unpaired) electrons. The van der Waals surface area contributed by atoms with Gasteiger partial charge in [0.05, 0.1) is 12.2 Å². The number of aromatic nitrogens is 1. The van der Waals surface area contributed by atoms with Gasteiger partial charge in [-0.05, 0) is 30.9 Å². The monoisotopic (exact) mass is 374 g/mol. The highest BCUT2D eigenvalue weighted by atomic mass is 127. The molecule has 1 aliphatic rings. The summed E-state index contributed by atoms with van der Waals surface area (Å²) in [5.74, 6) is 1.72. The third-order valence-corrected chi connectivity index (χ3v) is 3.29. The zero-order valence-electron chi connectivity index (χ0n) is 11.6. The normalized spacial score (nSPS) is 21.5.